The largest absolute Gasteiger partial charge is 0.490 e. The van der Waals surface area contributed by atoms with E-state index in [1.165, 1.54) is 6.07 Å². The lowest BCUT2D eigenvalue weighted by Crippen LogP contribution is -2.18. The van der Waals surface area contributed by atoms with Crippen molar-refractivity contribution >= 4 is 5.97 Å². The first-order chi connectivity index (χ1) is 10.6. The minimum absolute atomic E-state index is 0.132. The molecule has 1 aromatic rings. The molecule has 1 aromatic carbocycles. The maximum absolute atomic E-state index is 13.4. The van der Waals surface area contributed by atoms with Crippen LogP contribution in [0.5, 0.6) is 11.5 Å². The van der Waals surface area contributed by atoms with Crippen LogP contribution in [0, 0.1) is 5.92 Å². The number of carboxylic acids is 1. The fourth-order valence-electron chi connectivity index (χ4n) is 2.89. The van der Waals surface area contributed by atoms with Gasteiger partial charge in [-0.05, 0) is 24.1 Å². The summed E-state index contributed by atoms with van der Waals surface area (Å²) >= 11 is 0. The van der Waals surface area contributed by atoms with Crippen LogP contribution in [0.4, 0.5) is 8.78 Å². The second-order valence-electron chi connectivity index (χ2n) is 5.51. The minimum atomic E-state index is -2.65. The monoisotopic (exact) mass is 313 g/mol. The summed E-state index contributed by atoms with van der Waals surface area (Å²) in [5.41, 5.74) is 0.260. The molecule has 0 bridgehead atoms. The Morgan fingerprint density at radius 3 is 2.55 bits per heavy atom. The third-order valence-corrected chi connectivity index (χ3v) is 4.04. The number of benzene rings is 1. The molecule has 2 atom stereocenters. The first-order valence-electron chi connectivity index (χ1n) is 7.24. The van der Waals surface area contributed by atoms with Crippen LogP contribution in [0.15, 0.2) is 12.1 Å². The van der Waals surface area contributed by atoms with Crippen molar-refractivity contribution in [3.63, 3.8) is 0 Å². The van der Waals surface area contributed by atoms with Crippen LogP contribution in [0.1, 0.15) is 36.4 Å². The molecule has 22 heavy (non-hydrogen) atoms. The molecule has 2 aliphatic rings. The number of alkyl halides is 2. The van der Waals surface area contributed by atoms with E-state index >= 15 is 0 Å². The Kier molecular flexibility index (Phi) is 4.15. The van der Waals surface area contributed by atoms with Crippen molar-refractivity contribution in [1.82, 2.24) is 5.32 Å². The fourth-order valence-corrected chi connectivity index (χ4v) is 2.89. The number of ether oxygens (including phenoxy) is 2. The van der Waals surface area contributed by atoms with E-state index in [4.69, 9.17) is 14.6 Å². The Labute approximate surface area is 126 Å². The molecule has 5 nitrogen and oxygen atoms in total. The summed E-state index contributed by atoms with van der Waals surface area (Å²) in [5, 5.41) is 12.1. The molecular weight excluding hydrogens is 296 g/mol. The number of hydrogen-bond acceptors (Lipinski definition) is 4. The van der Waals surface area contributed by atoms with Crippen molar-refractivity contribution < 1.29 is 28.2 Å². The molecular formula is C15H17F2NO4. The van der Waals surface area contributed by atoms with Gasteiger partial charge < -0.3 is 19.9 Å². The second kappa shape index (κ2) is 6.08. The van der Waals surface area contributed by atoms with Crippen LogP contribution in [-0.2, 0) is 4.79 Å². The van der Waals surface area contributed by atoms with Crippen molar-refractivity contribution in [2.45, 2.75) is 25.3 Å². The average molecular weight is 313 g/mol. The third-order valence-electron chi connectivity index (χ3n) is 4.04. The molecule has 7 heteroatoms. The van der Waals surface area contributed by atoms with E-state index in [9.17, 15) is 13.6 Å². The summed E-state index contributed by atoms with van der Waals surface area (Å²) in [5.74, 6) is -0.712. The van der Waals surface area contributed by atoms with Gasteiger partial charge in [0.25, 0.3) is 6.43 Å². The van der Waals surface area contributed by atoms with Crippen LogP contribution in [0.25, 0.3) is 0 Å². The van der Waals surface area contributed by atoms with E-state index in [-0.39, 0.29) is 18.5 Å². The molecule has 2 heterocycles. The molecule has 2 N–H and O–H groups in total. The Morgan fingerprint density at radius 1 is 1.27 bits per heavy atom. The number of nitrogens with one attached hydrogen (secondary N) is 1. The van der Waals surface area contributed by atoms with E-state index in [1.54, 1.807) is 6.07 Å². The van der Waals surface area contributed by atoms with Gasteiger partial charge in [0, 0.05) is 24.6 Å². The van der Waals surface area contributed by atoms with Crippen LogP contribution in [0.2, 0.25) is 0 Å². The highest BCUT2D eigenvalue weighted by molar-refractivity contribution is 5.71. The summed E-state index contributed by atoms with van der Waals surface area (Å²) in [6.45, 7) is 1.17. The van der Waals surface area contributed by atoms with Gasteiger partial charge in [-0.2, -0.15) is 0 Å². The zero-order valence-electron chi connectivity index (χ0n) is 11.9. The molecule has 120 valence electrons. The zero-order valence-corrected chi connectivity index (χ0v) is 11.9. The molecule has 0 amide bonds. The smallest absolute Gasteiger partial charge is 0.307 e. The van der Waals surface area contributed by atoms with Gasteiger partial charge in [0.1, 0.15) is 0 Å². The number of carboxylic acid groups (broad SMARTS) is 1. The lowest BCUT2D eigenvalue weighted by Gasteiger charge is -2.19. The van der Waals surface area contributed by atoms with Gasteiger partial charge in [0.05, 0.1) is 19.1 Å². The van der Waals surface area contributed by atoms with Gasteiger partial charge >= 0.3 is 5.97 Å². The molecule has 0 aliphatic carbocycles. The van der Waals surface area contributed by atoms with E-state index in [0.29, 0.717) is 36.7 Å². The van der Waals surface area contributed by atoms with Crippen molar-refractivity contribution in [3.8, 4) is 11.5 Å². The lowest BCUT2D eigenvalue weighted by molar-refractivity contribution is -0.141. The summed E-state index contributed by atoms with van der Waals surface area (Å²) in [6, 6.07) is 2.46. The van der Waals surface area contributed by atoms with E-state index in [1.807, 2.05) is 0 Å². The van der Waals surface area contributed by atoms with Gasteiger partial charge in [-0.3, -0.25) is 4.79 Å². The van der Waals surface area contributed by atoms with Gasteiger partial charge in [0.15, 0.2) is 11.5 Å². The van der Waals surface area contributed by atoms with E-state index < -0.39 is 24.4 Å². The fraction of sp³-hybridized carbons (Fsp3) is 0.533. The summed E-state index contributed by atoms with van der Waals surface area (Å²) in [4.78, 5) is 11.0. The maximum atomic E-state index is 13.4. The Morgan fingerprint density at radius 2 is 1.95 bits per heavy atom. The van der Waals surface area contributed by atoms with Crippen molar-refractivity contribution in [3.05, 3.63) is 23.3 Å². The summed E-state index contributed by atoms with van der Waals surface area (Å²) in [7, 11) is 0. The SMILES string of the molecule is O=C(O)C1CNC(c2cc3c(cc2C(F)F)OCCCO3)C1. The number of fused-ring (bicyclic) bond motifs is 1. The average Bonchev–Trinajstić information content (AvgIpc) is 2.86. The van der Waals surface area contributed by atoms with Crippen molar-refractivity contribution in [2.75, 3.05) is 19.8 Å². The topological polar surface area (TPSA) is 67.8 Å². The quantitative estimate of drug-likeness (QED) is 0.897. The molecule has 0 saturated carbocycles. The predicted octanol–water partition coefficient (Wildman–Crippen LogP) is 2.52. The Hall–Kier alpha value is -1.89. The first-order valence-corrected chi connectivity index (χ1v) is 7.24. The molecule has 0 aromatic heterocycles. The van der Waals surface area contributed by atoms with Crippen LogP contribution >= 0.6 is 0 Å². The number of carbonyl (C=O) groups is 1. The molecule has 0 radical (unpaired) electrons. The van der Waals surface area contributed by atoms with Crippen LogP contribution in [0.3, 0.4) is 0 Å². The maximum Gasteiger partial charge on any atom is 0.307 e. The third kappa shape index (κ3) is 2.85. The highest BCUT2D eigenvalue weighted by Gasteiger charge is 2.33. The second-order valence-corrected chi connectivity index (χ2v) is 5.51. The first kappa shape index (κ1) is 15.0. The summed E-state index contributed by atoms with van der Waals surface area (Å²) < 4.78 is 37.7. The van der Waals surface area contributed by atoms with Gasteiger partial charge in [-0.25, -0.2) is 8.78 Å². The molecule has 0 spiro atoms. The summed E-state index contributed by atoms with van der Waals surface area (Å²) in [6.07, 6.45) is -1.68. The number of hydrogen-bond donors (Lipinski definition) is 2. The van der Waals surface area contributed by atoms with Gasteiger partial charge in [-0.15, -0.1) is 0 Å². The number of rotatable bonds is 3. The molecule has 1 saturated heterocycles. The van der Waals surface area contributed by atoms with Crippen molar-refractivity contribution in [2.24, 2.45) is 5.92 Å². The van der Waals surface area contributed by atoms with Crippen LogP contribution < -0.4 is 14.8 Å². The molecule has 3 rings (SSSR count). The molecule has 1 fully saturated rings. The van der Waals surface area contributed by atoms with Gasteiger partial charge in [0.2, 0.25) is 0 Å². The zero-order chi connectivity index (χ0) is 15.7. The normalized spacial score (nSPS) is 24.3. The predicted molar refractivity (Wildman–Crippen MR) is 73.5 cm³/mol. The Balaban J connectivity index is 1.95. The van der Waals surface area contributed by atoms with Gasteiger partial charge in [-0.1, -0.05) is 0 Å². The van der Waals surface area contributed by atoms with E-state index in [2.05, 4.69) is 5.32 Å². The minimum Gasteiger partial charge on any atom is -0.490 e. The highest BCUT2D eigenvalue weighted by atomic mass is 19.3. The number of aliphatic carboxylic acids is 1. The molecule has 2 aliphatic heterocycles. The Bertz CT molecular complexity index is 579. The van der Waals surface area contributed by atoms with E-state index in [0.717, 1.165) is 0 Å². The highest BCUT2D eigenvalue weighted by Crippen LogP contribution is 2.41. The molecule has 2 unspecified atom stereocenters. The van der Waals surface area contributed by atoms with Crippen molar-refractivity contribution in [1.29, 1.82) is 0 Å². The standard InChI is InChI=1S/C15H17F2NO4/c16-14(17)10-6-13-12(21-2-1-3-22-13)5-9(10)11-4-8(7-18-11)15(19)20/h5-6,8,11,14,18H,1-4,7H2,(H,19,20). The lowest BCUT2D eigenvalue weighted by atomic mass is 9.95. The number of halogens is 2. The van der Waals surface area contributed by atoms with Crippen LogP contribution in [-0.4, -0.2) is 30.8 Å².